The summed E-state index contributed by atoms with van der Waals surface area (Å²) in [5.41, 5.74) is 15.7. The number of hydrogen-bond donors (Lipinski definition) is 4. The van der Waals surface area contributed by atoms with Gasteiger partial charge in [0.25, 0.3) is 0 Å². The molecule has 0 spiro atoms. The number of benzene rings is 2. The molecule has 260 valence electrons. The smallest absolute Gasteiger partial charge is 0.230 e. The Balaban J connectivity index is 0.000000167. The third kappa shape index (κ3) is 7.00. The molecule has 2 aromatic carbocycles. The van der Waals surface area contributed by atoms with Gasteiger partial charge in [0.15, 0.2) is 0 Å². The number of nitriles is 4. The highest BCUT2D eigenvalue weighted by molar-refractivity contribution is 6.00. The van der Waals surface area contributed by atoms with Crippen LogP contribution in [0.1, 0.15) is 24.0 Å². The van der Waals surface area contributed by atoms with Crippen molar-refractivity contribution < 1.29 is 9.59 Å². The van der Waals surface area contributed by atoms with Gasteiger partial charge in [-0.2, -0.15) is 21.0 Å². The van der Waals surface area contributed by atoms with Crippen molar-refractivity contribution in [2.24, 2.45) is 23.7 Å². The predicted octanol–water partition coefficient (Wildman–Crippen LogP) is 5.70. The molecule has 14 heteroatoms. The van der Waals surface area contributed by atoms with Gasteiger partial charge in [-0.3, -0.25) is 9.59 Å². The molecule has 0 radical (unpaired) electrons. The molecular weight excluding hydrogens is 681 g/mol. The zero-order chi connectivity index (χ0) is 37.9. The zero-order valence-electron chi connectivity index (χ0n) is 28.4. The molecule has 2 aliphatic rings. The van der Waals surface area contributed by atoms with Gasteiger partial charge in [-0.05, 0) is 60.0 Å². The monoisotopic (exact) mass is 708 g/mol. The average Bonchev–Trinajstić information content (AvgIpc) is 4.13. The van der Waals surface area contributed by atoms with Crippen LogP contribution < -0.4 is 22.1 Å². The first-order valence-electron chi connectivity index (χ1n) is 16.7. The second-order valence-corrected chi connectivity index (χ2v) is 12.8. The van der Waals surface area contributed by atoms with Crippen LogP contribution in [0.15, 0.2) is 85.2 Å². The van der Waals surface area contributed by atoms with Gasteiger partial charge in [0.05, 0.1) is 70.5 Å². The van der Waals surface area contributed by atoms with Crippen molar-refractivity contribution in [3.8, 4) is 46.8 Å². The molecule has 4 heterocycles. The van der Waals surface area contributed by atoms with E-state index in [4.69, 9.17) is 22.0 Å². The molecule has 4 atom stereocenters. The second kappa shape index (κ2) is 14.4. The number of fused-ring (bicyclic) bond motifs is 2. The topological polar surface area (TPSA) is 257 Å². The summed E-state index contributed by atoms with van der Waals surface area (Å²) < 4.78 is 0. The van der Waals surface area contributed by atoms with Crippen LogP contribution >= 0.6 is 0 Å². The number of nitrogens with one attached hydrogen (secondary N) is 2. The van der Waals surface area contributed by atoms with E-state index in [1.807, 2.05) is 36.4 Å². The van der Waals surface area contributed by atoms with Gasteiger partial charge in [-0.25, -0.2) is 19.9 Å². The lowest BCUT2D eigenvalue weighted by molar-refractivity contribution is -0.118. The van der Waals surface area contributed by atoms with E-state index in [9.17, 15) is 20.1 Å². The molecule has 0 aliphatic heterocycles. The number of aromatic nitrogens is 4. The van der Waals surface area contributed by atoms with Gasteiger partial charge < -0.3 is 22.1 Å². The van der Waals surface area contributed by atoms with E-state index in [0.29, 0.717) is 80.5 Å². The molecule has 2 aliphatic carbocycles. The lowest BCUT2D eigenvalue weighted by Crippen LogP contribution is -2.15. The number of amides is 2. The predicted molar refractivity (Wildman–Crippen MR) is 200 cm³/mol. The van der Waals surface area contributed by atoms with Gasteiger partial charge in [0, 0.05) is 34.3 Å². The Labute approximate surface area is 308 Å². The Morgan fingerprint density at radius 3 is 1.41 bits per heavy atom. The Kier molecular flexibility index (Phi) is 9.17. The lowest BCUT2D eigenvalue weighted by Gasteiger charge is -2.09. The quantitative estimate of drug-likeness (QED) is 0.162. The summed E-state index contributed by atoms with van der Waals surface area (Å²) in [6.07, 6.45) is 4.29. The van der Waals surface area contributed by atoms with E-state index >= 15 is 0 Å². The summed E-state index contributed by atoms with van der Waals surface area (Å²) in [6.45, 7) is 0. The standard InChI is InChI=1S/2C20H14N6O/c2*21-8-11-3-1-2-4-14(11)17-6-12-7-18(24-10-16(12)19(23)25-17)26-20(27)15-5-13(15)9-22/h2*1-4,6-7,10,13,15H,5H2,(H2,23,25)(H,24,26,27)/t2*13-,15+/m10/s1. The van der Waals surface area contributed by atoms with Gasteiger partial charge in [-0.15, -0.1) is 0 Å². The molecule has 6 aromatic rings. The number of pyridine rings is 4. The molecule has 14 nitrogen and oxygen atoms in total. The maximum Gasteiger partial charge on any atom is 0.230 e. The summed E-state index contributed by atoms with van der Waals surface area (Å²) in [4.78, 5) is 41.5. The summed E-state index contributed by atoms with van der Waals surface area (Å²) >= 11 is 0. The molecule has 8 rings (SSSR count). The van der Waals surface area contributed by atoms with Gasteiger partial charge in [0.1, 0.15) is 23.3 Å². The van der Waals surface area contributed by atoms with Crippen LogP contribution in [0.2, 0.25) is 0 Å². The van der Waals surface area contributed by atoms with Crippen molar-refractivity contribution in [1.29, 1.82) is 21.0 Å². The molecule has 0 saturated heterocycles. The summed E-state index contributed by atoms with van der Waals surface area (Å²) in [5, 5.41) is 44.7. The molecule has 0 bridgehead atoms. The number of rotatable bonds is 6. The molecule has 2 amide bonds. The van der Waals surface area contributed by atoms with Crippen LogP contribution in [-0.2, 0) is 9.59 Å². The number of nitrogens with zero attached hydrogens (tertiary/aromatic N) is 8. The molecule has 2 fully saturated rings. The summed E-state index contributed by atoms with van der Waals surface area (Å²) in [6, 6.07) is 29.9. The van der Waals surface area contributed by atoms with Crippen molar-refractivity contribution in [1.82, 2.24) is 19.9 Å². The molecular formula is C40H28N12O2. The number of carbonyl (C=O) groups is 2. The number of carbonyl (C=O) groups excluding carboxylic acids is 2. The van der Waals surface area contributed by atoms with Crippen molar-refractivity contribution in [2.45, 2.75) is 12.8 Å². The summed E-state index contributed by atoms with van der Waals surface area (Å²) in [5.74, 6) is 0.0120. The van der Waals surface area contributed by atoms with Crippen LogP contribution in [-0.4, -0.2) is 31.8 Å². The van der Waals surface area contributed by atoms with E-state index in [0.717, 1.165) is 10.8 Å². The molecule has 2 saturated carbocycles. The number of hydrogen-bond acceptors (Lipinski definition) is 12. The fraction of sp³-hybridized carbons (Fsp3) is 0.150. The van der Waals surface area contributed by atoms with Crippen LogP contribution in [0, 0.1) is 69.0 Å². The highest BCUT2D eigenvalue weighted by Crippen LogP contribution is 2.39. The number of nitrogen functional groups attached to an aromatic ring is 2. The van der Waals surface area contributed by atoms with E-state index in [1.165, 1.54) is 0 Å². The van der Waals surface area contributed by atoms with Gasteiger partial charge >= 0.3 is 0 Å². The minimum absolute atomic E-state index is 0.203. The largest absolute Gasteiger partial charge is 0.383 e. The van der Waals surface area contributed by atoms with E-state index < -0.39 is 0 Å². The third-order valence-electron chi connectivity index (χ3n) is 9.23. The first-order valence-corrected chi connectivity index (χ1v) is 16.7. The normalized spacial score (nSPS) is 17.7. The molecule has 54 heavy (non-hydrogen) atoms. The van der Waals surface area contributed by atoms with Crippen molar-refractivity contribution >= 4 is 56.6 Å². The number of nitrogens with two attached hydrogens (primary N) is 2. The van der Waals surface area contributed by atoms with E-state index in [2.05, 4.69) is 54.8 Å². The highest BCUT2D eigenvalue weighted by atomic mass is 16.2. The Morgan fingerprint density at radius 1 is 0.630 bits per heavy atom. The van der Waals surface area contributed by atoms with Crippen molar-refractivity contribution in [3.05, 3.63) is 96.3 Å². The van der Waals surface area contributed by atoms with Crippen LogP contribution in [0.25, 0.3) is 44.1 Å². The van der Waals surface area contributed by atoms with Crippen LogP contribution in [0.4, 0.5) is 23.3 Å². The highest BCUT2D eigenvalue weighted by Gasteiger charge is 2.44. The van der Waals surface area contributed by atoms with E-state index in [1.54, 1.807) is 48.8 Å². The van der Waals surface area contributed by atoms with Gasteiger partial charge in [0.2, 0.25) is 11.8 Å². The third-order valence-corrected chi connectivity index (χ3v) is 9.23. The molecule has 4 aromatic heterocycles. The second-order valence-electron chi connectivity index (χ2n) is 12.8. The molecule has 0 unspecified atom stereocenters. The fourth-order valence-corrected chi connectivity index (χ4v) is 6.06. The average molecular weight is 709 g/mol. The first kappa shape index (κ1) is 34.5. The minimum atomic E-state index is -0.270. The van der Waals surface area contributed by atoms with Crippen LogP contribution in [0.5, 0.6) is 0 Å². The van der Waals surface area contributed by atoms with Crippen LogP contribution in [0.3, 0.4) is 0 Å². The SMILES string of the molecule is N#Cc1ccccc1-c1cc2cc(NC(=O)[C@@H]3C[C@H]3C#N)ncc2c(N)n1.N#Cc1ccccc1-c1cc2cc(NC(=O)[C@H]3C[C@@H]3C#N)ncc2c(N)n1. The Morgan fingerprint density at radius 2 is 1.04 bits per heavy atom. The van der Waals surface area contributed by atoms with Gasteiger partial charge in [-0.1, -0.05) is 36.4 Å². The Bertz CT molecular complexity index is 2500. The maximum atomic E-state index is 12.1. The number of anilines is 4. The summed E-state index contributed by atoms with van der Waals surface area (Å²) in [7, 11) is 0. The fourth-order valence-electron chi connectivity index (χ4n) is 6.06. The first-order chi connectivity index (χ1) is 26.2. The zero-order valence-corrected chi connectivity index (χ0v) is 28.4. The van der Waals surface area contributed by atoms with E-state index in [-0.39, 0.29) is 35.5 Å². The minimum Gasteiger partial charge on any atom is -0.383 e. The maximum absolute atomic E-state index is 12.1. The molecule has 6 N–H and O–H groups in total. The Hall–Kier alpha value is -7.94. The van der Waals surface area contributed by atoms with Crippen molar-refractivity contribution in [3.63, 3.8) is 0 Å². The van der Waals surface area contributed by atoms with Crippen molar-refractivity contribution in [2.75, 3.05) is 22.1 Å². The lowest BCUT2D eigenvalue weighted by atomic mass is 10.0.